The molecule has 1 amide bonds. The minimum Gasteiger partial charge on any atom is -0.394 e. The van der Waals surface area contributed by atoms with Gasteiger partial charge in [0, 0.05) is 23.5 Å². The Labute approximate surface area is 207 Å². The Bertz CT molecular complexity index is 1200. The number of pyridine rings is 1. The van der Waals surface area contributed by atoms with Gasteiger partial charge in [0.1, 0.15) is 16.6 Å². The topological polar surface area (TPSA) is 121 Å². The summed E-state index contributed by atoms with van der Waals surface area (Å²) in [6, 6.07) is 11.2. The van der Waals surface area contributed by atoms with Crippen molar-refractivity contribution in [1.82, 2.24) is 9.88 Å². The number of carbonyl (C=O) groups excluding carboxylic acids is 1. The number of aliphatic hydroxyl groups is 2. The number of amides is 1. The molecule has 0 spiro atoms. The molecular formula is C25H29FN4O4S. The molecule has 0 saturated carbocycles. The first-order chi connectivity index (χ1) is 16.7. The van der Waals surface area contributed by atoms with E-state index in [0.717, 1.165) is 0 Å². The van der Waals surface area contributed by atoms with Crippen LogP contribution in [0.1, 0.15) is 41.5 Å². The maximum atomic E-state index is 14.9. The van der Waals surface area contributed by atoms with Gasteiger partial charge in [-0.05, 0) is 43.7 Å². The summed E-state index contributed by atoms with van der Waals surface area (Å²) in [4.78, 5) is 19.4. The fourth-order valence-electron chi connectivity index (χ4n) is 4.00. The second-order valence-electron chi connectivity index (χ2n) is 8.89. The Morgan fingerprint density at radius 3 is 2.66 bits per heavy atom. The van der Waals surface area contributed by atoms with Gasteiger partial charge in [-0.25, -0.2) is 9.37 Å². The van der Waals surface area contributed by atoms with E-state index in [1.54, 1.807) is 38.1 Å². The van der Waals surface area contributed by atoms with Crippen molar-refractivity contribution in [2.75, 3.05) is 38.2 Å². The SMILES string of the molecule is CC(C)(O)c1ccc(-c2cc(C(N)=O)c(Nc3cccc([C@H](CO)N4CCOCC4)n3)s2)c(F)c1. The number of anilines is 2. The van der Waals surface area contributed by atoms with Gasteiger partial charge in [0.2, 0.25) is 0 Å². The molecule has 0 bridgehead atoms. The van der Waals surface area contributed by atoms with Gasteiger partial charge in [0.05, 0.1) is 42.7 Å². The number of halogens is 1. The summed E-state index contributed by atoms with van der Waals surface area (Å²) in [6.45, 7) is 5.67. The number of nitrogens with one attached hydrogen (secondary N) is 1. The number of aliphatic hydroxyl groups excluding tert-OH is 1. The first-order valence-electron chi connectivity index (χ1n) is 11.3. The lowest BCUT2D eigenvalue weighted by molar-refractivity contribution is 0.00158. The molecule has 35 heavy (non-hydrogen) atoms. The molecule has 1 aromatic carbocycles. The fourth-order valence-corrected chi connectivity index (χ4v) is 5.10. The van der Waals surface area contributed by atoms with Crippen molar-refractivity contribution in [2.24, 2.45) is 5.73 Å². The first kappa shape index (κ1) is 25.2. The van der Waals surface area contributed by atoms with Crippen molar-refractivity contribution >= 4 is 28.1 Å². The number of nitrogens with two attached hydrogens (primary N) is 1. The van der Waals surface area contributed by atoms with Crippen LogP contribution in [0.2, 0.25) is 0 Å². The van der Waals surface area contributed by atoms with Gasteiger partial charge >= 0.3 is 0 Å². The van der Waals surface area contributed by atoms with Crippen LogP contribution in [0.25, 0.3) is 10.4 Å². The smallest absolute Gasteiger partial charge is 0.251 e. The van der Waals surface area contributed by atoms with Gasteiger partial charge < -0.3 is 26.0 Å². The Balaban J connectivity index is 1.63. The normalized spacial score (nSPS) is 15.7. The molecule has 1 aliphatic heterocycles. The van der Waals surface area contributed by atoms with Crippen LogP contribution in [-0.4, -0.2) is 58.9 Å². The zero-order valence-electron chi connectivity index (χ0n) is 19.6. The molecule has 0 aliphatic carbocycles. The van der Waals surface area contributed by atoms with Gasteiger partial charge in [0.15, 0.2) is 0 Å². The molecule has 3 aromatic rings. The van der Waals surface area contributed by atoms with Crippen molar-refractivity contribution < 1.29 is 24.1 Å². The Kier molecular flexibility index (Phi) is 7.48. The van der Waals surface area contributed by atoms with Gasteiger partial charge in [-0.15, -0.1) is 11.3 Å². The standard InChI is InChI=1S/C25H29FN4O4S/c1-25(2,33)15-6-7-16(18(26)12-15)21-13-17(23(27)32)24(35-21)29-22-5-3-4-19(28-22)20(14-31)30-8-10-34-11-9-30/h3-7,12-13,20,31,33H,8-11,14H2,1-2H3,(H2,27,32)(H,28,29)/t20-/m0/s1. The summed E-state index contributed by atoms with van der Waals surface area (Å²) in [5, 5.41) is 23.7. The molecular weight excluding hydrogens is 471 g/mol. The molecule has 2 aromatic heterocycles. The van der Waals surface area contributed by atoms with Crippen LogP contribution < -0.4 is 11.1 Å². The highest BCUT2D eigenvalue weighted by Crippen LogP contribution is 2.39. The van der Waals surface area contributed by atoms with E-state index < -0.39 is 17.3 Å². The van der Waals surface area contributed by atoms with Crippen LogP contribution >= 0.6 is 11.3 Å². The molecule has 1 saturated heterocycles. The van der Waals surface area contributed by atoms with E-state index in [4.69, 9.17) is 10.5 Å². The Morgan fingerprint density at radius 2 is 2.03 bits per heavy atom. The summed E-state index contributed by atoms with van der Waals surface area (Å²) in [7, 11) is 0. The lowest BCUT2D eigenvalue weighted by Crippen LogP contribution is -2.40. The van der Waals surface area contributed by atoms with Crippen molar-refractivity contribution in [1.29, 1.82) is 0 Å². The number of ether oxygens (including phenoxy) is 1. The summed E-state index contributed by atoms with van der Waals surface area (Å²) in [5.74, 6) is -0.686. The van der Waals surface area contributed by atoms with Crippen LogP contribution in [0.5, 0.6) is 0 Å². The highest BCUT2D eigenvalue weighted by molar-refractivity contribution is 7.19. The largest absolute Gasteiger partial charge is 0.394 e. The average molecular weight is 501 g/mol. The second kappa shape index (κ2) is 10.4. The highest BCUT2D eigenvalue weighted by atomic mass is 32.1. The number of aromatic nitrogens is 1. The van der Waals surface area contributed by atoms with Crippen LogP contribution in [0, 0.1) is 5.82 Å². The van der Waals surface area contributed by atoms with E-state index in [-0.39, 0.29) is 18.2 Å². The summed E-state index contributed by atoms with van der Waals surface area (Å²) in [5.41, 5.74) is 6.08. The number of benzene rings is 1. The monoisotopic (exact) mass is 500 g/mol. The molecule has 0 unspecified atom stereocenters. The minimum atomic E-state index is -1.18. The maximum absolute atomic E-state index is 14.9. The third-order valence-corrected chi connectivity index (χ3v) is 7.04. The summed E-state index contributed by atoms with van der Waals surface area (Å²) < 4.78 is 20.3. The van der Waals surface area contributed by atoms with E-state index in [2.05, 4.69) is 15.2 Å². The molecule has 5 N–H and O–H groups in total. The van der Waals surface area contributed by atoms with Gasteiger partial charge in [-0.2, -0.15) is 0 Å². The van der Waals surface area contributed by atoms with E-state index in [9.17, 15) is 19.4 Å². The third kappa shape index (κ3) is 5.68. The summed E-state index contributed by atoms with van der Waals surface area (Å²) in [6.07, 6.45) is 0. The number of nitrogens with zero attached hydrogens (tertiary/aromatic N) is 2. The predicted molar refractivity (Wildman–Crippen MR) is 133 cm³/mol. The molecule has 8 nitrogen and oxygen atoms in total. The number of morpholine rings is 1. The minimum absolute atomic E-state index is 0.0912. The van der Waals surface area contributed by atoms with E-state index in [0.29, 0.717) is 58.8 Å². The average Bonchev–Trinajstić information content (AvgIpc) is 3.23. The van der Waals surface area contributed by atoms with Crippen LogP contribution in [0.3, 0.4) is 0 Å². The van der Waals surface area contributed by atoms with Gasteiger partial charge in [-0.1, -0.05) is 18.2 Å². The lowest BCUT2D eigenvalue weighted by atomic mass is 9.96. The molecule has 3 heterocycles. The third-order valence-electron chi connectivity index (χ3n) is 5.95. The van der Waals surface area contributed by atoms with E-state index in [1.807, 2.05) is 12.1 Å². The van der Waals surface area contributed by atoms with Crippen LogP contribution in [0.15, 0.2) is 42.5 Å². The Hall–Kier alpha value is -2.89. The van der Waals surface area contributed by atoms with E-state index >= 15 is 0 Å². The van der Waals surface area contributed by atoms with Crippen molar-refractivity contribution in [3.8, 4) is 10.4 Å². The Morgan fingerprint density at radius 1 is 1.29 bits per heavy atom. The molecule has 10 heteroatoms. The maximum Gasteiger partial charge on any atom is 0.251 e. The quantitative estimate of drug-likeness (QED) is 0.374. The van der Waals surface area contributed by atoms with Gasteiger partial charge in [-0.3, -0.25) is 9.69 Å². The number of primary amides is 1. The first-order valence-corrected chi connectivity index (χ1v) is 12.1. The van der Waals surface area contributed by atoms with Crippen molar-refractivity contribution in [2.45, 2.75) is 25.5 Å². The van der Waals surface area contributed by atoms with Crippen LogP contribution in [-0.2, 0) is 10.3 Å². The van der Waals surface area contributed by atoms with Gasteiger partial charge in [0.25, 0.3) is 5.91 Å². The number of hydrogen-bond donors (Lipinski definition) is 4. The number of rotatable bonds is 8. The lowest BCUT2D eigenvalue weighted by Gasteiger charge is -2.33. The predicted octanol–water partition coefficient (Wildman–Crippen LogP) is 3.38. The van der Waals surface area contributed by atoms with Crippen LogP contribution in [0.4, 0.5) is 15.2 Å². The molecule has 1 fully saturated rings. The zero-order chi connectivity index (χ0) is 25.2. The van der Waals surface area contributed by atoms with E-state index in [1.165, 1.54) is 17.4 Å². The zero-order valence-corrected chi connectivity index (χ0v) is 20.4. The van der Waals surface area contributed by atoms with Crippen molar-refractivity contribution in [3.63, 3.8) is 0 Å². The number of carbonyl (C=O) groups is 1. The number of hydrogen-bond acceptors (Lipinski definition) is 8. The second-order valence-corrected chi connectivity index (χ2v) is 9.94. The fraction of sp³-hybridized carbons (Fsp3) is 0.360. The highest BCUT2D eigenvalue weighted by Gasteiger charge is 2.24. The molecule has 186 valence electrons. The summed E-state index contributed by atoms with van der Waals surface area (Å²) >= 11 is 1.18. The number of thiophene rings is 1. The van der Waals surface area contributed by atoms with Crippen molar-refractivity contribution in [3.05, 3.63) is 65.1 Å². The molecule has 0 radical (unpaired) electrons. The molecule has 1 aliphatic rings. The molecule has 1 atom stereocenters. The molecule has 4 rings (SSSR count).